The molecule has 7 unspecified atom stereocenters. The molecule has 1 heterocycles. The van der Waals surface area contributed by atoms with Crippen molar-refractivity contribution in [3.05, 3.63) is 36.5 Å². The van der Waals surface area contributed by atoms with Crippen molar-refractivity contribution in [2.45, 2.75) is 384 Å². The third kappa shape index (κ3) is 47.0. The maximum absolute atomic E-state index is 13.1. The van der Waals surface area contributed by atoms with E-state index >= 15 is 0 Å². The van der Waals surface area contributed by atoms with Gasteiger partial charge in [-0.3, -0.25) is 4.79 Å². The van der Waals surface area contributed by atoms with Gasteiger partial charge in [0.15, 0.2) is 6.29 Å². The second kappa shape index (κ2) is 58.6. The fourth-order valence-electron chi connectivity index (χ4n) is 11.1. The molecule has 460 valence electrons. The quantitative estimate of drug-likeness (QED) is 0.0261. The van der Waals surface area contributed by atoms with Crippen molar-refractivity contribution in [1.82, 2.24) is 5.32 Å². The van der Waals surface area contributed by atoms with Gasteiger partial charge in [-0.2, -0.15) is 0 Å². The highest BCUT2D eigenvalue weighted by Crippen LogP contribution is 2.23. The minimum Gasteiger partial charge on any atom is -0.394 e. The maximum atomic E-state index is 13.1. The predicted molar refractivity (Wildman–Crippen MR) is 332 cm³/mol. The number of allylic oxidation sites excluding steroid dienone is 5. The lowest BCUT2D eigenvalue weighted by atomic mass is 9.99. The van der Waals surface area contributed by atoms with E-state index in [4.69, 9.17) is 9.47 Å². The zero-order chi connectivity index (χ0) is 56.5. The van der Waals surface area contributed by atoms with Crippen LogP contribution in [-0.2, 0) is 14.3 Å². The van der Waals surface area contributed by atoms with Crippen molar-refractivity contribution < 1.29 is 39.8 Å². The summed E-state index contributed by atoms with van der Waals surface area (Å²) in [6.45, 7) is 3.79. The summed E-state index contributed by atoms with van der Waals surface area (Å²) in [5.41, 5.74) is 0. The number of carbonyl (C=O) groups is 1. The van der Waals surface area contributed by atoms with Crippen LogP contribution in [0.25, 0.3) is 0 Å². The van der Waals surface area contributed by atoms with Gasteiger partial charge in [-0.1, -0.05) is 326 Å². The molecule has 0 bridgehead atoms. The highest BCUT2D eigenvalue weighted by molar-refractivity contribution is 5.76. The van der Waals surface area contributed by atoms with Crippen LogP contribution in [0, 0.1) is 0 Å². The number of rotatable bonds is 60. The van der Waals surface area contributed by atoms with Crippen LogP contribution >= 0.6 is 0 Å². The van der Waals surface area contributed by atoms with Crippen LogP contribution in [0.4, 0.5) is 0 Å². The number of aliphatic hydroxyl groups is 5. The van der Waals surface area contributed by atoms with Gasteiger partial charge in [0.2, 0.25) is 5.91 Å². The summed E-state index contributed by atoms with van der Waals surface area (Å²) in [6.07, 6.45) is 71.3. The second-order valence-corrected chi connectivity index (χ2v) is 24.0. The largest absolute Gasteiger partial charge is 0.394 e. The van der Waals surface area contributed by atoms with E-state index in [1.165, 1.54) is 276 Å². The van der Waals surface area contributed by atoms with E-state index in [1.54, 1.807) is 6.08 Å². The molecule has 7 atom stereocenters. The summed E-state index contributed by atoms with van der Waals surface area (Å²) in [4.78, 5) is 13.1. The Labute approximate surface area is 482 Å². The smallest absolute Gasteiger partial charge is 0.220 e. The van der Waals surface area contributed by atoms with Crippen LogP contribution in [0.3, 0.4) is 0 Å². The van der Waals surface area contributed by atoms with E-state index < -0.39 is 49.5 Å². The van der Waals surface area contributed by atoms with Gasteiger partial charge in [-0.05, 0) is 44.9 Å². The van der Waals surface area contributed by atoms with Gasteiger partial charge in [0, 0.05) is 6.42 Å². The first kappa shape index (κ1) is 74.4. The van der Waals surface area contributed by atoms with Gasteiger partial charge in [-0.15, -0.1) is 0 Å². The zero-order valence-electron chi connectivity index (χ0n) is 51.4. The first-order valence-corrected chi connectivity index (χ1v) is 34.2. The highest BCUT2D eigenvalue weighted by Gasteiger charge is 2.44. The molecule has 0 aromatic heterocycles. The van der Waals surface area contributed by atoms with Crippen molar-refractivity contribution in [3.8, 4) is 0 Å². The molecule has 0 aliphatic carbocycles. The first-order valence-electron chi connectivity index (χ1n) is 34.2. The Morgan fingerprint density at radius 3 is 1.08 bits per heavy atom. The van der Waals surface area contributed by atoms with Crippen molar-refractivity contribution >= 4 is 5.91 Å². The van der Waals surface area contributed by atoms with E-state index in [0.29, 0.717) is 6.42 Å². The Bertz CT molecular complexity index is 1320. The lowest BCUT2D eigenvalue weighted by Gasteiger charge is -2.40. The van der Waals surface area contributed by atoms with E-state index in [1.807, 2.05) is 6.08 Å². The molecular formula is C69H131NO8. The molecule has 6 N–H and O–H groups in total. The minimum atomic E-state index is -1.57. The molecule has 0 spiro atoms. The fourth-order valence-corrected chi connectivity index (χ4v) is 11.1. The van der Waals surface area contributed by atoms with Crippen LogP contribution in [-0.4, -0.2) is 87.5 Å². The molecule has 0 aromatic carbocycles. The Morgan fingerprint density at radius 2 is 0.731 bits per heavy atom. The summed E-state index contributed by atoms with van der Waals surface area (Å²) in [5, 5.41) is 54.6. The predicted octanol–water partition coefficient (Wildman–Crippen LogP) is 18.3. The van der Waals surface area contributed by atoms with Crippen LogP contribution in [0.2, 0.25) is 0 Å². The van der Waals surface area contributed by atoms with Crippen molar-refractivity contribution in [2.24, 2.45) is 0 Å². The number of aliphatic hydroxyl groups excluding tert-OH is 5. The van der Waals surface area contributed by atoms with E-state index in [2.05, 4.69) is 43.5 Å². The van der Waals surface area contributed by atoms with E-state index in [0.717, 1.165) is 44.9 Å². The fraction of sp³-hybridized carbons (Fsp3) is 0.899. The topological polar surface area (TPSA) is 149 Å². The van der Waals surface area contributed by atoms with Crippen molar-refractivity contribution in [3.63, 3.8) is 0 Å². The van der Waals surface area contributed by atoms with Gasteiger partial charge in [0.1, 0.15) is 24.4 Å². The Kier molecular flexibility index (Phi) is 55.9. The number of ether oxygens (including phenoxy) is 2. The Balaban J connectivity index is 2.06. The monoisotopic (exact) mass is 1100 g/mol. The molecule has 1 rings (SSSR count). The molecule has 1 saturated heterocycles. The normalized spacial score (nSPS) is 18.8. The Morgan fingerprint density at radius 1 is 0.423 bits per heavy atom. The highest BCUT2D eigenvalue weighted by atomic mass is 16.7. The summed E-state index contributed by atoms with van der Waals surface area (Å²) < 4.78 is 11.3. The van der Waals surface area contributed by atoms with E-state index in [9.17, 15) is 30.3 Å². The molecule has 1 aliphatic rings. The lowest BCUT2D eigenvalue weighted by molar-refractivity contribution is -0.302. The van der Waals surface area contributed by atoms with Crippen molar-refractivity contribution in [2.75, 3.05) is 13.2 Å². The zero-order valence-corrected chi connectivity index (χ0v) is 51.4. The summed E-state index contributed by atoms with van der Waals surface area (Å²) in [5.74, 6) is -0.185. The van der Waals surface area contributed by atoms with E-state index in [-0.39, 0.29) is 12.5 Å². The number of nitrogens with one attached hydrogen (secondary N) is 1. The van der Waals surface area contributed by atoms with Crippen LogP contribution < -0.4 is 5.32 Å². The standard InChI is InChI=1S/C69H131NO8/c1-3-5-7-9-11-13-15-17-19-21-22-23-24-25-26-27-28-29-30-31-32-33-34-35-36-37-38-39-40-41-43-45-47-49-51-53-55-57-59-65(73)70-62(61-77-69-68(76)67(75)66(74)64(60-71)78-69)63(72)58-56-54-52-50-48-46-44-42-20-18-16-14-12-10-8-6-4-2/h20,42,48,50,56,58,62-64,66-69,71-72,74-76H,3-19,21-41,43-47,49,51-55,57,59-61H2,1-2H3,(H,70,73)/b42-20+,50-48+,58-56+. The minimum absolute atomic E-state index is 0.185. The van der Waals surface area contributed by atoms with Crippen LogP contribution in [0.15, 0.2) is 36.5 Å². The molecule has 1 amide bonds. The maximum Gasteiger partial charge on any atom is 0.220 e. The molecule has 9 nitrogen and oxygen atoms in total. The third-order valence-corrected chi connectivity index (χ3v) is 16.4. The third-order valence-electron chi connectivity index (χ3n) is 16.4. The van der Waals surface area contributed by atoms with Gasteiger partial charge in [0.05, 0.1) is 25.4 Å². The number of carbonyl (C=O) groups excluding carboxylic acids is 1. The number of hydrogen-bond acceptors (Lipinski definition) is 8. The van der Waals surface area contributed by atoms with Crippen LogP contribution in [0.5, 0.6) is 0 Å². The summed E-state index contributed by atoms with van der Waals surface area (Å²) in [6, 6.07) is -0.827. The number of unbranched alkanes of at least 4 members (excludes halogenated alkanes) is 46. The average molecular weight is 1100 g/mol. The van der Waals surface area contributed by atoms with Gasteiger partial charge in [-0.25, -0.2) is 0 Å². The van der Waals surface area contributed by atoms with Gasteiger partial charge < -0.3 is 40.3 Å². The molecule has 1 aliphatic heterocycles. The summed E-state index contributed by atoms with van der Waals surface area (Å²) >= 11 is 0. The van der Waals surface area contributed by atoms with Gasteiger partial charge in [0.25, 0.3) is 0 Å². The molecule has 0 radical (unpaired) electrons. The molecule has 78 heavy (non-hydrogen) atoms. The Hall–Kier alpha value is -1.59. The molecule has 0 saturated carbocycles. The molecular weight excluding hydrogens is 971 g/mol. The second-order valence-electron chi connectivity index (χ2n) is 24.0. The first-order chi connectivity index (χ1) is 38.3. The molecule has 0 aromatic rings. The number of hydrogen-bond donors (Lipinski definition) is 6. The van der Waals surface area contributed by atoms with Gasteiger partial charge >= 0.3 is 0 Å². The average Bonchev–Trinajstić information content (AvgIpc) is 3.45. The SMILES string of the molecule is CCCCCCCCC/C=C/CC/C=C/CC/C=C/C(O)C(COC1OC(CO)C(O)C(O)C1O)NC(=O)CCCCCCCCCCCCCCCCCCCCCCCCCCCCCCCCCCCCCCCC. The summed E-state index contributed by atoms with van der Waals surface area (Å²) in [7, 11) is 0. The number of amides is 1. The molecule has 1 fully saturated rings. The molecule has 9 heteroatoms. The lowest BCUT2D eigenvalue weighted by Crippen LogP contribution is -2.60. The van der Waals surface area contributed by atoms with Crippen molar-refractivity contribution in [1.29, 1.82) is 0 Å². The van der Waals surface area contributed by atoms with Crippen LogP contribution in [0.1, 0.15) is 341 Å².